The van der Waals surface area contributed by atoms with Gasteiger partial charge in [-0.05, 0) is 38.0 Å². The van der Waals surface area contributed by atoms with Gasteiger partial charge < -0.3 is 30.9 Å². The van der Waals surface area contributed by atoms with Crippen LogP contribution in [0.5, 0.6) is 11.5 Å². The molecule has 1 heterocycles. The molecule has 168 valence electrons. The predicted octanol–water partition coefficient (Wildman–Crippen LogP) is 0.558. The van der Waals surface area contributed by atoms with Crippen molar-refractivity contribution in [3.8, 4) is 11.5 Å². The summed E-state index contributed by atoms with van der Waals surface area (Å²) in [7, 11) is 3.08. The smallest absolute Gasteiger partial charge is 0.343 e. The Morgan fingerprint density at radius 3 is 2.41 bits per heavy atom. The van der Waals surface area contributed by atoms with Crippen molar-refractivity contribution in [2.24, 2.45) is 11.7 Å². The van der Waals surface area contributed by atoms with Gasteiger partial charge in [-0.3, -0.25) is 14.5 Å². The minimum atomic E-state index is -2.00. The Kier molecular flexibility index (Phi) is 4.87. The van der Waals surface area contributed by atoms with Gasteiger partial charge in [-0.25, -0.2) is 4.79 Å². The molecule has 10 nitrogen and oxygen atoms in total. The third kappa shape index (κ3) is 2.76. The van der Waals surface area contributed by atoms with Gasteiger partial charge in [-0.2, -0.15) is 0 Å². The third-order valence-electron chi connectivity index (χ3n) is 6.23. The van der Waals surface area contributed by atoms with Crippen LogP contribution < -0.4 is 5.73 Å². The molecule has 2 aliphatic rings. The van der Waals surface area contributed by atoms with Crippen molar-refractivity contribution in [1.82, 2.24) is 4.90 Å². The molecule has 4 atom stereocenters. The first-order valence-corrected chi connectivity index (χ1v) is 9.78. The van der Waals surface area contributed by atoms with Gasteiger partial charge in [-0.1, -0.05) is 12.1 Å². The van der Waals surface area contributed by atoms with Crippen molar-refractivity contribution in [3.63, 3.8) is 0 Å². The molecule has 6 N–H and O–H groups in total. The maximum atomic E-state index is 13.2. The largest absolute Gasteiger partial charge is 0.510 e. The number of aromatic hydroxyl groups is 2. The number of ketones is 1. The number of carbonyl (C=O) groups excluding carboxylic acids is 3. The van der Waals surface area contributed by atoms with Crippen molar-refractivity contribution < 1.29 is 39.5 Å². The number of hydrogen-bond donors (Lipinski definition) is 5. The van der Waals surface area contributed by atoms with Crippen molar-refractivity contribution in [2.45, 2.75) is 25.2 Å². The number of phenolic OH excluding ortho intramolecular Hbond substituents is 2. The lowest BCUT2D eigenvalue weighted by atomic mass is 9.74. The zero-order chi connectivity index (χ0) is 23.6. The molecule has 0 aromatic heterocycles. The van der Waals surface area contributed by atoms with E-state index in [1.807, 2.05) is 0 Å². The molecule has 1 aliphatic heterocycles. The SMILES string of the molecule is Cc1c2c(c(O)c3c(O)cccc13)C(=O)OC2C1C(=O)C(O)C(C(N)=O)=C(O)C1N(C)C. The predicted molar refractivity (Wildman–Crippen MR) is 111 cm³/mol. The Morgan fingerprint density at radius 2 is 1.81 bits per heavy atom. The second kappa shape index (κ2) is 7.21. The number of benzene rings is 2. The molecule has 4 unspecified atom stereocenters. The van der Waals surface area contributed by atoms with Crippen LogP contribution in [-0.2, 0) is 14.3 Å². The van der Waals surface area contributed by atoms with E-state index in [0.717, 1.165) is 0 Å². The lowest BCUT2D eigenvalue weighted by Gasteiger charge is -2.39. The molecule has 0 radical (unpaired) electrons. The van der Waals surface area contributed by atoms with E-state index < -0.39 is 58.9 Å². The van der Waals surface area contributed by atoms with Gasteiger partial charge >= 0.3 is 5.97 Å². The van der Waals surface area contributed by atoms with Gasteiger partial charge in [0.1, 0.15) is 35.0 Å². The Hall–Kier alpha value is -3.63. The second-order valence-corrected chi connectivity index (χ2v) is 8.19. The summed E-state index contributed by atoms with van der Waals surface area (Å²) in [5, 5.41) is 42.7. The van der Waals surface area contributed by atoms with Crippen molar-refractivity contribution in [1.29, 1.82) is 0 Å². The van der Waals surface area contributed by atoms with Crippen LogP contribution in [0.3, 0.4) is 0 Å². The summed E-state index contributed by atoms with van der Waals surface area (Å²) in [5.41, 5.74) is 5.13. The minimum Gasteiger partial charge on any atom is -0.510 e. The number of aryl methyl sites for hydroxylation is 1. The number of nitrogens with zero attached hydrogens (tertiary/aromatic N) is 1. The number of hydrogen-bond acceptors (Lipinski definition) is 9. The monoisotopic (exact) mass is 442 g/mol. The molecule has 2 aromatic rings. The number of aliphatic hydroxyl groups excluding tert-OH is 2. The molecule has 0 saturated carbocycles. The number of phenols is 2. The van der Waals surface area contributed by atoms with E-state index in [9.17, 15) is 34.8 Å². The number of rotatable bonds is 3. The Balaban J connectivity index is 1.99. The highest BCUT2D eigenvalue weighted by atomic mass is 16.6. The summed E-state index contributed by atoms with van der Waals surface area (Å²) in [6, 6.07) is 3.42. The molecule has 32 heavy (non-hydrogen) atoms. The van der Waals surface area contributed by atoms with Crippen molar-refractivity contribution in [3.05, 3.63) is 46.2 Å². The molecule has 4 rings (SSSR count). The lowest BCUT2D eigenvalue weighted by Crippen LogP contribution is -2.53. The number of Topliss-reactive ketones (excluding diaryl/α,β-unsaturated/α-hetero) is 1. The van der Waals surface area contributed by atoms with Gasteiger partial charge in [0, 0.05) is 5.56 Å². The fourth-order valence-electron chi connectivity index (χ4n) is 4.83. The number of amides is 1. The number of cyclic esters (lactones) is 1. The van der Waals surface area contributed by atoms with Crippen LogP contribution >= 0.6 is 0 Å². The van der Waals surface area contributed by atoms with Crippen molar-refractivity contribution in [2.75, 3.05) is 14.1 Å². The molecule has 0 spiro atoms. The quantitative estimate of drug-likeness (QED) is 0.426. The van der Waals surface area contributed by atoms with Crippen LogP contribution in [0, 0.1) is 12.8 Å². The normalized spacial score (nSPS) is 25.4. The van der Waals surface area contributed by atoms with E-state index in [2.05, 4.69) is 0 Å². The maximum Gasteiger partial charge on any atom is 0.343 e. The Bertz CT molecular complexity index is 1230. The molecule has 0 fully saturated rings. The molecule has 1 amide bonds. The van der Waals surface area contributed by atoms with E-state index in [4.69, 9.17) is 10.5 Å². The van der Waals surface area contributed by atoms with Gasteiger partial charge in [0.05, 0.1) is 22.9 Å². The van der Waals surface area contributed by atoms with Gasteiger partial charge in [0.25, 0.3) is 5.91 Å². The topological polar surface area (TPSA) is 171 Å². The van der Waals surface area contributed by atoms with Crippen molar-refractivity contribution >= 4 is 28.4 Å². The fourth-order valence-corrected chi connectivity index (χ4v) is 4.83. The summed E-state index contributed by atoms with van der Waals surface area (Å²) >= 11 is 0. The van der Waals surface area contributed by atoms with E-state index >= 15 is 0 Å². The molecule has 0 bridgehead atoms. The molecule has 1 aliphatic carbocycles. The highest BCUT2D eigenvalue weighted by Crippen LogP contribution is 2.50. The van der Waals surface area contributed by atoms with Crippen LogP contribution in [0.15, 0.2) is 29.5 Å². The summed E-state index contributed by atoms with van der Waals surface area (Å²) in [4.78, 5) is 39.2. The number of ether oxygens (including phenoxy) is 1. The molecular weight excluding hydrogens is 420 g/mol. The first kappa shape index (κ1) is 21.6. The average Bonchev–Trinajstić information content (AvgIpc) is 3.05. The number of nitrogens with two attached hydrogens (primary N) is 1. The summed E-state index contributed by atoms with van der Waals surface area (Å²) in [5.74, 6) is -5.55. The van der Waals surface area contributed by atoms with Gasteiger partial charge in [0.2, 0.25) is 0 Å². The maximum absolute atomic E-state index is 13.2. The van der Waals surface area contributed by atoms with Crippen LogP contribution in [0.4, 0.5) is 0 Å². The van der Waals surface area contributed by atoms with Gasteiger partial charge in [-0.15, -0.1) is 0 Å². The number of primary amides is 1. The molecule has 10 heteroatoms. The Morgan fingerprint density at radius 1 is 1.16 bits per heavy atom. The average molecular weight is 442 g/mol. The summed E-state index contributed by atoms with van der Waals surface area (Å²) < 4.78 is 5.50. The van der Waals surface area contributed by atoms with E-state index in [-0.39, 0.29) is 22.3 Å². The van der Waals surface area contributed by atoms with Crippen LogP contribution in [-0.4, -0.2) is 69.2 Å². The zero-order valence-corrected chi connectivity index (χ0v) is 17.5. The first-order chi connectivity index (χ1) is 15.0. The fraction of sp³-hybridized carbons (Fsp3) is 0.318. The molecule has 2 aromatic carbocycles. The highest BCUT2D eigenvalue weighted by Gasteiger charge is 2.54. The second-order valence-electron chi connectivity index (χ2n) is 8.19. The molecular formula is C22H22N2O8. The van der Waals surface area contributed by atoms with E-state index in [1.54, 1.807) is 19.1 Å². The summed E-state index contributed by atoms with van der Waals surface area (Å²) in [6.07, 6.45) is -3.28. The number of carbonyl (C=O) groups is 3. The summed E-state index contributed by atoms with van der Waals surface area (Å²) in [6.45, 7) is 1.65. The zero-order valence-electron chi connectivity index (χ0n) is 17.5. The lowest BCUT2D eigenvalue weighted by molar-refractivity contribution is -0.140. The van der Waals surface area contributed by atoms with Gasteiger partial charge in [0.15, 0.2) is 5.78 Å². The minimum absolute atomic E-state index is 0.0688. The number of fused-ring (bicyclic) bond motifs is 2. The van der Waals surface area contributed by atoms with Crippen LogP contribution in [0.1, 0.15) is 27.6 Å². The number of likely N-dealkylation sites (N-methyl/N-ethyl adjacent to an activating group) is 1. The number of aliphatic hydroxyl groups is 2. The van der Waals surface area contributed by atoms with E-state index in [0.29, 0.717) is 10.9 Å². The Labute approximate surface area is 182 Å². The third-order valence-corrected chi connectivity index (χ3v) is 6.23. The standard InChI is InChI=1S/C22H22N2O8/c1-7-8-5-4-6-9(25)11(8)16(26)12-10(7)20(32-22(12)31)13-15(24(2)3)17(27)14(21(23)30)19(29)18(13)28/h4-6,13,15,19-20,25-27,29H,1-3H3,(H2,23,30). The van der Waals surface area contributed by atoms with Crippen LogP contribution in [0.2, 0.25) is 0 Å². The molecule has 0 saturated heterocycles. The van der Waals surface area contributed by atoms with Crippen LogP contribution in [0.25, 0.3) is 10.8 Å². The van der Waals surface area contributed by atoms with E-state index in [1.165, 1.54) is 25.1 Å². The first-order valence-electron chi connectivity index (χ1n) is 9.78. The highest BCUT2D eigenvalue weighted by molar-refractivity contribution is 6.09. The number of esters is 1.